The molecule has 0 spiro atoms. The van der Waals surface area contributed by atoms with Gasteiger partial charge >= 0.3 is 0 Å². The van der Waals surface area contributed by atoms with Gasteiger partial charge in [-0.05, 0) is 31.9 Å². The van der Waals surface area contributed by atoms with E-state index in [2.05, 4.69) is 49.8 Å². The minimum absolute atomic E-state index is 0.277. The zero-order valence-electron chi connectivity index (χ0n) is 14.3. The van der Waals surface area contributed by atoms with Crippen molar-refractivity contribution in [2.24, 2.45) is 4.99 Å². The summed E-state index contributed by atoms with van der Waals surface area (Å²) in [5.41, 5.74) is 0. The lowest BCUT2D eigenvalue weighted by molar-refractivity contribution is 0.0793. The first-order chi connectivity index (χ1) is 10.2. The third-order valence-corrected chi connectivity index (χ3v) is 5.35. The quantitative estimate of drug-likeness (QED) is 0.552. The van der Waals surface area contributed by atoms with Gasteiger partial charge in [-0.3, -0.25) is 4.99 Å². The van der Waals surface area contributed by atoms with Crippen LogP contribution in [0.15, 0.2) is 4.99 Å². The van der Waals surface area contributed by atoms with Crippen LogP contribution in [-0.4, -0.2) is 61.3 Å². The molecule has 1 heterocycles. The van der Waals surface area contributed by atoms with E-state index in [9.17, 15) is 0 Å². The predicted octanol–water partition coefficient (Wildman–Crippen LogP) is 2.99. The van der Waals surface area contributed by atoms with E-state index in [-0.39, 0.29) is 4.75 Å². The maximum atomic E-state index is 5.54. The van der Waals surface area contributed by atoms with Crippen LogP contribution in [-0.2, 0) is 4.74 Å². The topological polar surface area (TPSA) is 36.9 Å². The third kappa shape index (κ3) is 6.47. The number of hydrogen-bond donors (Lipinski definition) is 1. The smallest absolute Gasteiger partial charge is 0.193 e. The number of nitrogens with zero attached hydrogens (tertiary/aromatic N) is 2. The van der Waals surface area contributed by atoms with Crippen LogP contribution >= 0.6 is 11.8 Å². The zero-order valence-corrected chi connectivity index (χ0v) is 15.1. The van der Waals surface area contributed by atoms with E-state index in [0.29, 0.717) is 0 Å². The number of unbranched alkanes of at least 4 members (excludes halogenated alkanes) is 1. The van der Waals surface area contributed by atoms with Crippen LogP contribution in [0, 0.1) is 0 Å². The molecule has 0 aromatic carbocycles. The fourth-order valence-corrected chi connectivity index (χ4v) is 3.81. The molecule has 1 fully saturated rings. The van der Waals surface area contributed by atoms with Gasteiger partial charge in [0.05, 0.1) is 6.54 Å². The molecular weight excluding hydrogens is 282 g/mol. The van der Waals surface area contributed by atoms with Gasteiger partial charge in [0, 0.05) is 38.1 Å². The largest absolute Gasteiger partial charge is 0.381 e. The maximum absolute atomic E-state index is 5.54. The lowest BCUT2D eigenvalue weighted by atomic mass is 9.99. The molecular formula is C16H33N3OS. The van der Waals surface area contributed by atoms with E-state index >= 15 is 0 Å². The molecule has 0 saturated carbocycles. The van der Waals surface area contributed by atoms with Crippen molar-refractivity contribution in [2.45, 2.75) is 51.2 Å². The lowest BCUT2D eigenvalue weighted by Gasteiger charge is -2.35. The van der Waals surface area contributed by atoms with Crippen molar-refractivity contribution in [1.29, 1.82) is 0 Å². The molecule has 21 heavy (non-hydrogen) atoms. The fourth-order valence-electron chi connectivity index (χ4n) is 2.59. The first-order valence-electron chi connectivity index (χ1n) is 8.38. The molecule has 0 aromatic rings. The number of guanidine groups is 1. The van der Waals surface area contributed by atoms with Crippen LogP contribution in [0.1, 0.15) is 46.5 Å². The first kappa shape index (κ1) is 18.6. The molecule has 0 bridgehead atoms. The minimum Gasteiger partial charge on any atom is -0.381 e. The van der Waals surface area contributed by atoms with Gasteiger partial charge in [0.25, 0.3) is 0 Å². The fraction of sp³-hybridized carbons (Fsp3) is 0.938. The summed E-state index contributed by atoms with van der Waals surface area (Å²) < 4.78 is 5.82. The van der Waals surface area contributed by atoms with E-state index in [4.69, 9.17) is 9.73 Å². The Morgan fingerprint density at radius 1 is 1.29 bits per heavy atom. The van der Waals surface area contributed by atoms with Crippen molar-refractivity contribution >= 4 is 17.7 Å². The minimum atomic E-state index is 0.277. The highest BCUT2D eigenvalue weighted by Gasteiger charge is 2.32. The SMILES string of the molecule is CCCCN(C)C(=NCC1(SCC)CCOCC1)NCC. The van der Waals surface area contributed by atoms with Crippen molar-refractivity contribution in [3.05, 3.63) is 0 Å². The summed E-state index contributed by atoms with van der Waals surface area (Å²) in [4.78, 5) is 7.20. The van der Waals surface area contributed by atoms with Gasteiger partial charge in [0.15, 0.2) is 5.96 Å². The highest BCUT2D eigenvalue weighted by atomic mass is 32.2. The summed E-state index contributed by atoms with van der Waals surface area (Å²) in [6.45, 7) is 11.3. The van der Waals surface area contributed by atoms with Crippen molar-refractivity contribution in [3.63, 3.8) is 0 Å². The number of ether oxygens (including phenoxy) is 1. The Hall–Kier alpha value is -0.420. The highest BCUT2D eigenvalue weighted by molar-refractivity contribution is 8.00. The van der Waals surface area contributed by atoms with Crippen LogP contribution in [0.2, 0.25) is 0 Å². The van der Waals surface area contributed by atoms with Crippen molar-refractivity contribution in [3.8, 4) is 0 Å². The van der Waals surface area contributed by atoms with E-state index < -0.39 is 0 Å². The number of nitrogens with one attached hydrogen (secondary N) is 1. The number of thioether (sulfide) groups is 1. The molecule has 124 valence electrons. The second kappa shape index (κ2) is 10.3. The van der Waals surface area contributed by atoms with Crippen LogP contribution < -0.4 is 5.32 Å². The molecule has 1 aliphatic rings. The van der Waals surface area contributed by atoms with E-state index in [1.54, 1.807) is 0 Å². The van der Waals surface area contributed by atoms with Crippen LogP contribution in [0.5, 0.6) is 0 Å². The summed E-state index contributed by atoms with van der Waals surface area (Å²) in [5.74, 6) is 2.20. The molecule has 0 atom stereocenters. The first-order valence-corrected chi connectivity index (χ1v) is 9.37. The van der Waals surface area contributed by atoms with E-state index in [1.165, 1.54) is 12.8 Å². The number of hydrogen-bond acceptors (Lipinski definition) is 3. The monoisotopic (exact) mass is 315 g/mol. The molecule has 4 nitrogen and oxygen atoms in total. The second-order valence-electron chi connectivity index (χ2n) is 5.67. The lowest BCUT2D eigenvalue weighted by Crippen LogP contribution is -2.42. The predicted molar refractivity (Wildman–Crippen MR) is 94.4 cm³/mol. The Bertz CT molecular complexity index is 298. The molecule has 0 aliphatic carbocycles. The Balaban J connectivity index is 2.68. The van der Waals surface area contributed by atoms with Gasteiger partial charge in [0.2, 0.25) is 0 Å². The Kier molecular flexibility index (Phi) is 9.16. The molecule has 1 saturated heterocycles. The Labute approximate surface area is 135 Å². The molecule has 5 heteroatoms. The Morgan fingerprint density at radius 2 is 2.00 bits per heavy atom. The average molecular weight is 316 g/mol. The average Bonchev–Trinajstić information content (AvgIpc) is 2.50. The van der Waals surface area contributed by atoms with Crippen LogP contribution in [0.3, 0.4) is 0 Å². The van der Waals surface area contributed by atoms with E-state index in [0.717, 1.165) is 57.4 Å². The maximum Gasteiger partial charge on any atom is 0.193 e. The van der Waals surface area contributed by atoms with Gasteiger partial charge < -0.3 is 15.0 Å². The van der Waals surface area contributed by atoms with Crippen molar-refractivity contribution in [1.82, 2.24) is 10.2 Å². The van der Waals surface area contributed by atoms with Gasteiger partial charge in [-0.15, -0.1) is 0 Å². The molecule has 1 rings (SSSR count). The van der Waals surface area contributed by atoms with Crippen molar-refractivity contribution in [2.75, 3.05) is 45.6 Å². The van der Waals surface area contributed by atoms with Crippen molar-refractivity contribution < 1.29 is 4.74 Å². The van der Waals surface area contributed by atoms with Gasteiger partial charge in [0.1, 0.15) is 0 Å². The normalized spacial score (nSPS) is 18.6. The molecule has 0 aromatic heterocycles. The summed E-state index contributed by atoms with van der Waals surface area (Å²) in [7, 11) is 2.14. The summed E-state index contributed by atoms with van der Waals surface area (Å²) in [6, 6.07) is 0. The number of rotatable bonds is 8. The molecule has 0 unspecified atom stereocenters. The standard InChI is InChI=1S/C16H33N3OS/c1-5-8-11-19(4)15(17-6-2)18-14-16(21-7-3)9-12-20-13-10-16/h5-14H2,1-4H3,(H,17,18). The van der Waals surface area contributed by atoms with Gasteiger partial charge in [-0.1, -0.05) is 20.3 Å². The summed E-state index contributed by atoms with van der Waals surface area (Å²) in [6.07, 6.45) is 4.67. The molecule has 1 aliphatic heterocycles. The second-order valence-corrected chi connectivity index (χ2v) is 7.41. The molecule has 1 N–H and O–H groups in total. The van der Waals surface area contributed by atoms with Crippen LogP contribution in [0.4, 0.5) is 0 Å². The number of aliphatic imine (C=N–C) groups is 1. The Morgan fingerprint density at radius 3 is 2.57 bits per heavy atom. The van der Waals surface area contributed by atoms with Gasteiger partial charge in [-0.25, -0.2) is 0 Å². The molecule has 0 amide bonds. The highest BCUT2D eigenvalue weighted by Crippen LogP contribution is 2.35. The van der Waals surface area contributed by atoms with E-state index in [1.807, 2.05) is 0 Å². The summed E-state index contributed by atoms with van der Waals surface area (Å²) in [5, 5.41) is 3.43. The zero-order chi connectivity index (χ0) is 15.6. The van der Waals surface area contributed by atoms with Gasteiger partial charge in [-0.2, -0.15) is 11.8 Å². The molecule has 0 radical (unpaired) electrons. The third-order valence-electron chi connectivity index (χ3n) is 3.92. The summed E-state index contributed by atoms with van der Waals surface area (Å²) >= 11 is 2.06. The van der Waals surface area contributed by atoms with Crippen LogP contribution in [0.25, 0.3) is 0 Å².